The van der Waals surface area contributed by atoms with Gasteiger partial charge in [-0.05, 0) is 48.4 Å². The molecule has 2 aliphatic heterocycles. The SMILES string of the molecule is Fc1ccc(OCCN2CCN(CCc3ccc4c(c3)OCO4)CC2)cc1. The van der Waals surface area contributed by atoms with Crippen LogP contribution < -0.4 is 14.2 Å². The third-order valence-electron chi connectivity index (χ3n) is 5.11. The molecule has 0 bridgehead atoms. The van der Waals surface area contributed by atoms with Crippen LogP contribution in [0.1, 0.15) is 5.56 Å². The van der Waals surface area contributed by atoms with E-state index in [9.17, 15) is 4.39 Å². The molecule has 2 aromatic carbocycles. The van der Waals surface area contributed by atoms with Crippen molar-refractivity contribution in [2.75, 3.05) is 52.7 Å². The molecule has 0 unspecified atom stereocenters. The van der Waals surface area contributed by atoms with Crippen molar-refractivity contribution < 1.29 is 18.6 Å². The lowest BCUT2D eigenvalue weighted by Gasteiger charge is -2.34. The standard InChI is InChI=1S/C21H25FN2O3/c22-18-2-4-19(5-3-18)25-14-13-24-11-9-23(10-12-24)8-7-17-1-6-20-21(15-17)27-16-26-20/h1-6,15H,7-14,16H2. The summed E-state index contributed by atoms with van der Waals surface area (Å²) in [6.07, 6.45) is 1.02. The van der Waals surface area contributed by atoms with Crippen molar-refractivity contribution in [3.63, 3.8) is 0 Å². The van der Waals surface area contributed by atoms with Gasteiger partial charge in [-0.1, -0.05) is 6.07 Å². The van der Waals surface area contributed by atoms with Gasteiger partial charge in [0.25, 0.3) is 0 Å². The van der Waals surface area contributed by atoms with Crippen molar-refractivity contribution in [3.05, 3.63) is 53.8 Å². The van der Waals surface area contributed by atoms with Crippen molar-refractivity contribution in [3.8, 4) is 17.2 Å². The van der Waals surface area contributed by atoms with Gasteiger partial charge in [-0.25, -0.2) is 4.39 Å². The van der Waals surface area contributed by atoms with Crippen LogP contribution in [0.3, 0.4) is 0 Å². The largest absolute Gasteiger partial charge is 0.492 e. The molecule has 2 aliphatic rings. The number of halogens is 1. The van der Waals surface area contributed by atoms with Crippen LogP contribution in [0, 0.1) is 5.82 Å². The predicted octanol–water partition coefficient (Wildman–Crippen LogP) is 2.79. The minimum absolute atomic E-state index is 0.237. The van der Waals surface area contributed by atoms with Gasteiger partial charge in [0.1, 0.15) is 18.2 Å². The molecule has 1 fully saturated rings. The zero-order valence-corrected chi connectivity index (χ0v) is 15.4. The highest BCUT2D eigenvalue weighted by atomic mass is 19.1. The maximum Gasteiger partial charge on any atom is 0.231 e. The van der Waals surface area contributed by atoms with E-state index in [1.54, 1.807) is 12.1 Å². The fourth-order valence-electron chi connectivity index (χ4n) is 3.44. The lowest BCUT2D eigenvalue weighted by molar-refractivity contribution is 0.118. The molecule has 0 N–H and O–H groups in total. The molecule has 4 rings (SSSR count). The second-order valence-corrected chi connectivity index (χ2v) is 6.92. The molecule has 6 heteroatoms. The molecule has 5 nitrogen and oxygen atoms in total. The smallest absolute Gasteiger partial charge is 0.231 e. The maximum atomic E-state index is 12.9. The van der Waals surface area contributed by atoms with E-state index >= 15 is 0 Å². The summed E-state index contributed by atoms with van der Waals surface area (Å²) in [5.41, 5.74) is 1.29. The van der Waals surface area contributed by atoms with Gasteiger partial charge in [0, 0.05) is 39.3 Å². The fourth-order valence-corrected chi connectivity index (χ4v) is 3.44. The van der Waals surface area contributed by atoms with E-state index in [0.29, 0.717) is 13.4 Å². The molecule has 2 heterocycles. The molecule has 0 amide bonds. The minimum Gasteiger partial charge on any atom is -0.492 e. The highest BCUT2D eigenvalue weighted by Gasteiger charge is 2.17. The van der Waals surface area contributed by atoms with E-state index in [0.717, 1.165) is 62.9 Å². The van der Waals surface area contributed by atoms with E-state index in [2.05, 4.69) is 21.9 Å². The number of ether oxygens (including phenoxy) is 3. The van der Waals surface area contributed by atoms with Gasteiger partial charge in [0.15, 0.2) is 11.5 Å². The van der Waals surface area contributed by atoms with Crippen molar-refractivity contribution in [2.45, 2.75) is 6.42 Å². The van der Waals surface area contributed by atoms with E-state index in [-0.39, 0.29) is 5.82 Å². The summed E-state index contributed by atoms with van der Waals surface area (Å²) in [6, 6.07) is 12.4. The second kappa shape index (κ2) is 8.59. The Balaban J connectivity index is 1.14. The number of nitrogens with zero attached hydrogens (tertiary/aromatic N) is 2. The zero-order chi connectivity index (χ0) is 18.5. The van der Waals surface area contributed by atoms with Crippen LogP contribution in [0.2, 0.25) is 0 Å². The van der Waals surface area contributed by atoms with Crippen LogP contribution in [0.4, 0.5) is 4.39 Å². The van der Waals surface area contributed by atoms with Gasteiger partial charge >= 0.3 is 0 Å². The molecular formula is C21H25FN2O3. The number of hydrogen-bond donors (Lipinski definition) is 0. The average molecular weight is 372 g/mol. The summed E-state index contributed by atoms with van der Waals surface area (Å²) in [6.45, 7) is 7.14. The molecular weight excluding hydrogens is 347 g/mol. The lowest BCUT2D eigenvalue weighted by atomic mass is 10.1. The predicted molar refractivity (Wildman–Crippen MR) is 101 cm³/mol. The summed E-state index contributed by atoms with van der Waals surface area (Å²) in [7, 11) is 0. The molecule has 0 atom stereocenters. The molecule has 144 valence electrons. The number of rotatable bonds is 7. The fraction of sp³-hybridized carbons (Fsp3) is 0.429. The van der Waals surface area contributed by atoms with Gasteiger partial charge in [-0.15, -0.1) is 0 Å². The van der Waals surface area contributed by atoms with Gasteiger partial charge in [-0.3, -0.25) is 4.90 Å². The quantitative estimate of drug-likeness (QED) is 0.747. The Labute approximate surface area is 159 Å². The first-order valence-corrected chi connectivity index (χ1v) is 9.48. The Morgan fingerprint density at radius 1 is 0.852 bits per heavy atom. The molecule has 1 saturated heterocycles. The monoisotopic (exact) mass is 372 g/mol. The Bertz CT molecular complexity index is 746. The number of piperazine rings is 1. The van der Waals surface area contributed by atoms with Crippen molar-refractivity contribution in [1.29, 1.82) is 0 Å². The normalized spacial score (nSPS) is 17.2. The van der Waals surface area contributed by atoms with E-state index in [1.165, 1.54) is 17.7 Å². The summed E-state index contributed by atoms with van der Waals surface area (Å²) in [5, 5.41) is 0. The van der Waals surface area contributed by atoms with Crippen LogP contribution >= 0.6 is 0 Å². The molecule has 0 aromatic heterocycles. The number of fused-ring (bicyclic) bond motifs is 1. The minimum atomic E-state index is -0.237. The Morgan fingerprint density at radius 2 is 1.56 bits per heavy atom. The lowest BCUT2D eigenvalue weighted by Crippen LogP contribution is -2.47. The first-order valence-electron chi connectivity index (χ1n) is 9.48. The van der Waals surface area contributed by atoms with Crippen LogP contribution in [0.5, 0.6) is 17.2 Å². The Kier molecular flexibility index (Phi) is 5.75. The summed E-state index contributed by atoms with van der Waals surface area (Å²) in [5.74, 6) is 2.19. The Hall–Kier alpha value is -2.31. The Morgan fingerprint density at radius 3 is 2.33 bits per heavy atom. The highest BCUT2D eigenvalue weighted by Crippen LogP contribution is 2.32. The summed E-state index contributed by atoms with van der Waals surface area (Å²) in [4.78, 5) is 4.92. The van der Waals surface area contributed by atoms with Crippen molar-refractivity contribution >= 4 is 0 Å². The average Bonchev–Trinajstić information content (AvgIpc) is 3.17. The maximum absolute atomic E-state index is 12.9. The van der Waals surface area contributed by atoms with Gasteiger partial charge in [0.2, 0.25) is 6.79 Å². The zero-order valence-electron chi connectivity index (χ0n) is 15.4. The number of hydrogen-bond acceptors (Lipinski definition) is 5. The summed E-state index contributed by atoms with van der Waals surface area (Å²) < 4.78 is 29.4. The first-order chi connectivity index (χ1) is 13.3. The van der Waals surface area contributed by atoms with Gasteiger partial charge in [0.05, 0.1) is 0 Å². The van der Waals surface area contributed by atoms with Crippen molar-refractivity contribution in [1.82, 2.24) is 9.80 Å². The third-order valence-corrected chi connectivity index (χ3v) is 5.11. The van der Waals surface area contributed by atoms with Gasteiger partial charge < -0.3 is 19.1 Å². The van der Waals surface area contributed by atoms with Gasteiger partial charge in [-0.2, -0.15) is 0 Å². The highest BCUT2D eigenvalue weighted by molar-refractivity contribution is 5.44. The molecule has 0 saturated carbocycles. The van der Waals surface area contributed by atoms with E-state index < -0.39 is 0 Å². The van der Waals surface area contributed by atoms with Crippen LogP contribution in [-0.2, 0) is 6.42 Å². The van der Waals surface area contributed by atoms with E-state index in [4.69, 9.17) is 14.2 Å². The third kappa shape index (κ3) is 4.90. The van der Waals surface area contributed by atoms with Crippen LogP contribution in [-0.4, -0.2) is 62.5 Å². The van der Waals surface area contributed by atoms with Crippen molar-refractivity contribution in [2.24, 2.45) is 0 Å². The molecule has 0 radical (unpaired) electrons. The molecule has 0 spiro atoms. The summed E-state index contributed by atoms with van der Waals surface area (Å²) >= 11 is 0. The number of benzene rings is 2. The van der Waals surface area contributed by atoms with Crippen LogP contribution in [0.15, 0.2) is 42.5 Å². The van der Waals surface area contributed by atoms with Crippen LogP contribution in [0.25, 0.3) is 0 Å². The second-order valence-electron chi connectivity index (χ2n) is 6.92. The van der Waals surface area contributed by atoms with E-state index in [1.807, 2.05) is 6.07 Å². The molecule has 2 aromatic rings. The first kappa shape index (κ1) is 18.1. The topological polar surface area (TPSA) is 34.2 Å². The molecule has 27 heavy (non-hydrogen) atoms. The molecule has 0 aliphatic carbocycles.